The molecule has 0 aromatic carbocycles. The minimum atomic E-state index is -4.21. The zero-order chi connectivity index (χ0) is 14.8. The average Bonchev–Trinajstić information content (AvgIpc) is 2.26. The monoisotopic (exact) mass is 281 g/mol. The molecule has 0 heterocycles. The Morgan fingerprint density at radius 1 is 1.21 bits per heavy atom. The summed E-state index contributed by atoms with van der Waals surface area (Å²) in [5.41, 5.74) is 0.122. The summed E-state index contributed by atoms with van der Waals surface area (Å²) in [6, 6.07) is -0.383. The number of aliphatic hydroxyl groups is 1. The highest BCUT2D eigenvalue weighted by Crippen LogP contribution is 2.41. The van der Waals surface area contributed by atoms with E-state index in [0.717, 1.165) is 12.8 Å². The van der Waals surface area contributed by atoms with E-state index in [2.05, 4.69) is 20.8 Å². The van der Waals surface area contributed by atoms with Crippen molar-refractivity contribution in [3.05, 3.63) is 0 Å². The molecule has 0 radical (unpaired) electrons. The van der Waals surface area contributed by atoms with Crippen molar-refractivity contribution >= 4 is 0 Å². The van der Waals surface area contributed by atoms with Crippen molar-refractivity contribution in [2.75, 3.05) is 13.6 Å². The summed E-state index contributed by atoms with van der Waals surface area (Å²) >= 11 is 0. The van der Waals surface area contributed by atoms with Crippen LogP contribution in [0.5, 0.6) is 0 Å². The second-order valence-electron chi connectivity index (χ2n) is 6.52. The Kier molecular flexibility index (Phi) is 5.29. The molecule has 0 spiro atoms. The van der Waals surface area contributed by atoms with Crippen LogP contribution in [0.4, 0.5) is 13.2 Å². The molecule has 0 aromatic rings. The fraction of sp³-hybridized carbons (Fsp3) is 1.00. The van der Waals surface area contributed by atoms with Crippen LogP contribution in [0.1, 0.15) is 46.5 Å². The van der Waals surface area contributed by atoms with Crippen LogP contribution in [0.3, 0.4) is 0 Å². The largest absolute Gasteiger partial charge is 0.401 e. The fourth-order valence-corrected chi connectivity index (χ4v) is 3.00. The minimum Gasteiger partial charge on any atom is -0.391 e. The van der Waals surface area contributed by atoms with Crippen molar-refractivity contribution in [2.45, 2.75) is 64.8 Å². The van der Waals surface area contributed by atoms with Gasteiger partial charge in [-0.3, -0.25) is 4.90 Å². The first kappa shape index (κ1) is 16.8. The quantitative estimate of drug-likeness (QED) is 0.853. The van der Waals surface area contributed by atoms with Gasteiger partial charge in [-0.05, 0) is 37.6 Å². The molecule has 5 heteroatoms. The molecule has 0 saturated heterocycles. The maximum absolute atomic E-state index is 12.5. The van der Waals surface area contributed by atoms with Gasteiger partial charge in [-0.2, -0.15) is 13.2 Å². The summed E-state index contributed by atoms with van der Waals surface area (Å²) in [4.78, 5) is 1.27. The molecule has 3 unspecified atom stereocenters. The van der Waals surface area contributed by atoms with Crippen molar-refractivity contribution in [2.24, 2.45) is 11.3 Å². The van der Waals surface area contributed by atoms with Gasteiger partial charge < -0.3 is 5.11 Å². The number of alkyl halides is 3. The van der Waals surface area contributed by atoms with E-state index in [-0.39, 0.29) is 11.5 Å². The number of aliphatic hydroxyl groups excluding tert-OH is 1. The van der Waals surface area contributed by atoms with Crippen molar-refractivity contribution in [1.82, 2.24) is 4.90 Å². The van der Waals surface area contributed by atoms with Gasteiger partial charge in [-0.15, -0.1) is 0 Å². The topological polar surface area (TPSA) is 23.5 Å². The van der Waals surface area contributed by atoms with Crippen LogP contribution in [-0.4, -0.2) is 41.9 Å². The van der Waals surface area contributed by atoms with Gasteiger partial charge in [0, 0.05) is 6.04 Å². The van der Waals surface area contributed by atoms with E-state index >= 15 is 0 Å². The third-order valence-corrected chi connectivity index (χ3v) is 4.79. The average molecular weight is 281 g/mol. The predicted octanol–water partition coefficient (Wildman–Crippen LogP) is 3.45. The minimum absolute atomic E-state index is 0.122. The molecule has 0 bridgehead atoms. The summed E-state index contributed by atoms with van der Waals surface area (Å²) in [7, 11) is 1.46. The van der Waals surface area contributed by atoms with E-state index in [9.17, 15) is 18.3 Å². The normalized spacial score (nSPS) is 29.8. The highest BCUT2D eigenvalue weighted by atomic mass is 19.4. The molecule has 114 valence electrons. The van der Waals surface area contributed by atoms with Crippen molar-refractivity contribution in [1.29, 1.82) is 0 Å². The molecule has 1 rings (SSSR count). The zero-order valence-corrected chi connectivity index (χ0v) is 12.3. The first-order valence-electron chi connectivity index (χ1n) is 7.02. The van der Waals surface area contributed by atoms with E-state index in [1.54, 1.807) is 0 Å². The Hall–Kier alpha value is -0.290. The summed E-state index contributed by atoms with van der Waals surface area (Å²) in [6.45, 7) is 5.49. The lowest BCUT2D eigenvalue weighted by Gasteiger charge is -2.44. The molecule has 1 N–H and O–H groups in total. The molecule has 0 amide bonds. The molecule has 1 aliphatic rings. The number of likely N-dealkylation sites (N-methyl/N-ethyl adjacent to an activating group) is 1. The molecule has 19 heavy (non-hydrogen) atoms. The number of hydrogen-bond donors (Lipinski definition) is 1. The van der Waals surface area contributed by atoms with E-state index < -0.39 is 18.8 Å². The molecule has 1 fully saturated rings. The van der Waals surface area contributed by atoms with Gasteiger partial charge in [-0.1, -0.05) is 27.2 Å². The predicted molar refractivity (Wildman–Crippen MR) is 69.9 cm³/mol. The zero-order valence-electron chi connectivity index (χ0n) is 12.3. The molecule has 3 atom stereocenters. The molecule has 1 aliphatic carbocycles. The Bertz CT molecular complexity index is 291. The standard InChI is InChI=1S/C14H26F3NO/c1-5-13(2,3)10-6-7-12(19)11(8-10)18(4)9-14(15,16)17/h10-12,19H,5-9H2,1-4H3. The van der Waals surface area contributed by atoms with Gasteiger partial charge >= 0.3 is 6.18 Å². The van der Waals surface area contributed by atoms with Crippen LogP contribution in [0.15, 0.2) is 0 Å². The Morgan fingerprint density at radius 3 is 2.26 bits per heavy atom. The van der Waals surface area contributed by atoms with Crippen LogP contribution in [-0.2, 0) is 0 Å². The number of hydrogen-bond acceptors (Lipinski definition) is 2. The van der Waals surface area contributed by atoms with Gasteiger partial charge in [0.25, 0.3) is 0 Å². The lowest BCUT2D eigenvalue weighted by atomic mass is 9.67. The maximum atomic E-state index is 12.5. The Balaban J connectivity index is 2.71. The van der Waals surface area contributed by atoms with Crippen LogP contribution in [0.2, 0.25) is 0 Å². The smallest absolute Gasteiger partial charge is 0.391 e. The summed E-state index contributed by atoms with van der Waals surface area (Å²) < 4.78 is 37.4. The summed E-state index contributed by atoms with van der Waals surface area (Å²) in [6.07, 6.45) is -1.70. The van der Waals surface area contributed by atoms with Gasteiger partial charge in [0.2, 0.25) is 0 Å². The van der Waals surface area contributed by atoms with Crippen molar-refractivity contribution in [3.63, 3.8) is 0 Å². The maximum Gasteiger partial charge on any atom is 0.401 e. The molecule has 2 nitrogen and oxygen atoms in total. The number of nitrogens with zero attached hydrogens (tertiary/aromatic N) is 1. The first-order chi connectivity index (χ1) is 8.57. The van der Waals surface area contributed by atoms with E-state index in [4.69, 9.17) is 0 Å². The first-order valence-corrected chi connectivity index (χ1v) is 7.02. The number of rotatable bonds is 4. The van der Waals surface area contributed by atoms with Gasteiger partial charge in [0.05, 0.1) is 12.6 Å². The molecule has 1 saturated carbocycles. The Morgan fingerprint density at radius 2 is 1.79 bits per heavy atom. The van der Waals surface area contributed by atoms with Gasteiger partial charge in [0.15, 0.2) is 0 Å². The fourth-order valence-electron chi connectivity index (χ4n) is 3.00. The van der Waals surface area contributed by atoms with Crippen LogP contribution in [0, 0.1) is 11.3 Å². The van der Waals surface area contributed by atoms with Crippen LogP contribution in [0.25, 0.3) is 0 Å². The van der Waals surface area contributed by atoms with Crippen molar-refractivity contribution < 1.29 is 18.3 Å². The highest BCUT2D eigenvalue weighted by Gasteiger charge is 2.40. The van der Waals surface area contributed by atoms with E-state index in [1.165, 1.54) is 11.9 Å². The van der Waals surface area contributed by atoms with Crippen LogP contribution < -0.4 is 0 Å². The second kappa shape index (κ2) is 6.00. The molecular weight excluding hydrogens is 255 g/mol. The molecular formula is C14H26F3NO. The van der Waals surface area contributed by atoms with Gasteiger partial charge in [0.1, 0.15) is 0 Å². The van der Waals surface area contributed by atoms with Crippen molar-refractivity contribution in [3.8, 4) is 0 Å². The number of halogens is 3. The summed E-state index contributed by atoms with van der Waals surface area (Å²) in [5, 5.41) is 9.98. The van der Waals surface area contributed by atoms with E-state index in [0.29, 0.717) is 18.8 Å². The van der Waals surface area contributed by atoms with Crippen LogP contribution >= 0.6 is 0 Å². The third-order valence-electron chi connectivity index (χ3n) is 4.79. The summed E-state index contributed by atoms with van der Waals surface area (Å²) in [5.74, 6) is 0.376. The molecule has 0 aromatic heterocycles. The second-order valence-corrected chi connectivity index (χ2v) is 6.52. The molecule has 0 aliphatic heterocycles. The highest BCUT2D eigenvalue weighted by molar-refractivity contribution is 4.91. The van der Waals surface area contributed by atoms with Gasteiger partial charge in [-0.25, -0.2) is 0 Å². The lowest BCUT2D eigenvalue weighted by Crippen LogP contribution is -2.50. The van der Waals surface area contributed by atoms with E-state index in [1.807, 2.05) is 0 Å². The Labute approximate surface area is 114 Å². The third kappa shape index (κ3) is 4.63. The SMILES string of the molecule is CCC(C)(C)C1CCC(O)C(N(C)CC(F)(F)F)C1. The lowest BCUT2D eigenvalue weighted by molar-refractivity contribution is -0.156.